The van der Waals surface area contributed by atoms with Gasteiger partial charge in [-0.05, 0) is 36.7 Å². The Labute approximate surface area is 147 Å². The molecule has 3 heterocycles. The number of hydrogen-bond acceptors (Lipinski definition) is 7. The van der Waals surface area contributed by atoms with Crippen LogP contribution in [0.2, 0.25) is 0 Å². The first-order chi connectivity index (χ1) is 11.3. The predicted octanol–water partition coefficient (Wildman–Crippen LogP) is 1.62. The van der Waals surface area contributed by atoms with Crippen LogP contribution in [0, 0.1) is 0 Å². The van der Waals surface area contributed by atoms with Gasteiger partial charge in [-0.3, -0.25) is 0 Å². The second-order valence-electron chi connectivity index (χ2n) is 6.53. The molecule has 1 aliphatic heterocycles. The maximum atomic E-state index is 12.2. The van der Waals surface area contributed by atoms with Crippen LogP contribution >= 0.6 is 15.9 Å². The summed E-state index contributed by atoms with van der Waals surface area (Å²) < 4.78 is 13.4. The van der Waals surface area contributed by atoms with E-state index in [1.54, 1.807) is 15.8 Å². The number of halogens is 1. The molecule has 1 atom stereocenters. The van der Waals surface area contributed by atoms with E-state index >= 15 is 0 Å². The molecule has 1 saturated heterocycles. The lowest BCUT2D eigenvalue weighted by molar-refractivity contribution is -0.0481. The summed E-state index contributed by atoms with van der Waals surface area (Å²) in [5.74, 6) is 0. The van der Waals surface area contributed by atoms with Gasteiger partial charge in [-0.1, -0.05) is 5.21 Å². The molecular formula is C14H19BrN6O3. The monoisotopic (exact) mass is 398 g/mol. The molecule has 10 heteroatoms. The number of rotatable bonds is 2. The number of hydrogen-bond donors (Lipinski definition) is 0. The van der Waals surface area contributed by atoms with Crippen molar-refractivity contribution in [3.63, 3.8) is 0 Å². The standard InChI is InChI=1S/C14H19BrN6O3/c1-14(2,3)24-13(22)20-4-5-23-9(7-20)8-21-12-11(18-19-21)17-10(15)6-16-12/h6,9H,4-5,7-8H2,1-3H3/t9-/m0/s1. The number of fused-ring (bicyclic) bond motifs is 1. The molecule has 130 valence electrons. The third-order valence-corrected chi connectivity index (χ3v) is 3.75. The summed E-state index contributed by atoms with van der Waals surface area (Å²) in [7, 11) is 0. The van der Waals surface area contributed by atoms with Crippen molar-refractivity contribution in [2.45, 2.75) is 39.0 Å². The van der Waals surface area contributed by atoms with Crippen molar-refractivity contribution < 1.29 is 14.3 Å². The maximum absolute atomic E-state index is 12.2. The molecule has 0 N–H and O–H groups in total. The first kappa shape index (κ1) is 17.0. The third-order valence-electron chi connectivity index (χ3n) is 3.37. The Balaban J connectivity index is 1.67. The number of morpholine rings is 1. The SMILES string of the molecule is CC(C)(C)OC(=O)N1CCO[C@H](Cn2nnc3nc(Br)cnc32)C1. The number of ether oxygens (including phenoxy) is 2. The fourth-order valence-electron chi connectivity index (χ4n) is 2.38. The van der Waals surface area contributed by atoms with Crippen molar-refractivity contribution >= 4 is 33.3 Å². The van der Waals surface area contributed by atoms with E-state index in [1.807, 2.05) is 20.8 Å². The van der Waals surface area contributed by atoms with Crippen LogP contribution in [-0.2, 0) is 16.0 Å². The summed E-state index contributed by atoms with van der Waals surface area (Å²) in [4.78, 5) is 22.3. The zero-order valence-electron chi connectivity index (χ0n) is 13.8. The highest BCUT2D eigenvalue weighted by atomic mass is 79.9. The van der Waals surface area contributed by atoms with Gasteiger partial charge in [0.05, 0.1) is 32.0 Å². The molecule has 0 radical (unpaired) electrons. The molecule has 0 bridgehead atoms. The molecule has 2 aromatic heterocycles. The van der Waals surface area contributed by atoms with Crippen LogP contribution < -0.4 is 0 Å². The lowest BCUT2D eigenvalue weighted by Crippen LogP contribution is -2.48. The van der Waals surface area contributed by atoms with Crippen molar-refractivity contribution in [1.82, 2.24) is 29.9 Å². The molecule has 0 aromatic carbocycles. The molecule has 1 fully saturated rings. The van der Waals surface area contributed by atoms with Crippen LogP contribution in [0.4, 0.5) is 4.79 Å². The van der Waals surface area contributed by atoms with Gasteiger partial charge in [0, 0.05) is 6.54 Å². The summed E-state index contributed by atoms with van der Waals surface area (Å²) in [6, 6.07) is 0. The summed E-state index contributed by atoms with van der Waals surface area (Å²) in [6.07, 6.45) is 1.06. The minimum atomic E-state index is -0.518. The number of amides is 1. The lowest BCUT2D eigenvalue weighted by atomic mass is 10.2. The van der Waals surface area contributed by atoms with Crippen LogP contribution in [0.1, 0.15) is 20.8 Å². The van der Waals surface area contributed by atoms with Crippen LogP contribution in [0.15, 0.2) is 10.8 Å². The largest absolute Gasteiger partial charge is 0.444 e. The van der Waals surface area contributed by atoms with Gasteiger partial charge >= 0.3 is 6.09 Å². The zero-order chi connectivity index (χ0) is 17.3. The number of carbonyl (C=O) groups is 1. The molecule has 2 aromatic rings. The summed E-state index contributed by atoms with van der Waals surface area (Å²) in [6.45, 7) is 7.37. The van der Waals surface area contributed by atoms with Crippen LogP contribution in [0.3, 0.4) is 0 Å². The fraction of sp³-hybridized carbons (Fsp3) is 0.643. The Kier molecular flexibility index (Phi) is 4.68. The highest BCUT2D eigenvalue weighted by molar-refractivity contribution is 9.10. The van der Waals surface area contributed by atoms with Gasteiger partial charge in [-0.25, -0.2) is 19.4 Å². The normalized spacial score (nSPS) is 18.8. The van der Waals surface area contributed by atoms with E-state index in [9.17, 15) is 4.79 Å². The second kappa shape index (κ2) is 6.60. The highest BCUT2D eigenvalue weighted by Crippen LogP contribution is 2.15. The first-order valence-electron chi connectivity index (χ1n) is 7.63. The van der Waals surface area contributed by atoms with Crippen molar-refractivity contribution in [2.24, 2.45) is 0 Å². The molecule has 24 heavy (non-hydrogen) atoms. The predicted molar refractivity (Wildman–Crippen MR) is 88.4 cm³/mol. The van der Waals surface area contributed by atoms with E-state index in [1.165, 1.54) is 0 Å². The van der Waals surface area contributed by atoms with E-state index in [0.717, 1.165) is 0 Å². The number of aromatic nitrogens is 5. The van der Waals surface area contributed by atoms with Gasteiger partial charge in [0.25, 0.3) is 0 Å². The fourth-order valence-corrected chi connectivity index (χ4v) is 2.65. The number of carbonyl (C=O) groups excluding carboxylic acids is 1. The maximum Gasteiger partial charge on any atom is 0.410 e. The molecule has 1 aliphatic rings. The van der Waals surface area contributed by atoms with Gasteiger partial charge in [-0.2, -0.15) is 0 Å². The van der Waals surface area contributed by atoms with E-state index in [0.29, 0.717) is 42.1 Å². The average molecular weight is 399 g/mol. The van der Waals surface area contributed by atoms with E-state index < -0.39 is 5.60 Å². The van der Waals surface area contributed by atoms with Crippen molar-refractivity contribution in [3.8, 4) is 0 Å². The van der Waals surface area contributed by atoms with Gasteiger partial charge in [0.1, 0.15) is 10.2 Å². The lowest BCUT2D eigenvalue weighted by Gasteiger charge is -2.34. The molecule has 0 saturated carbocycles. The van der Waals surface area contributed by atoms with Gasteiger partial charge in [-0.15, -0.1) is 5.10 Å². The molecule has 0 spiro atoms. The summed E-state index contributed by atoms with van der Waals surface area (Å²) >= 11 is 3.25. The first-order valence-corrected chi connectivity index (χ1v) is 8.42. The summed E-state index contributed by atoms with van der Waals surface area (Å²) in [5, 5.41) is 8.06. The Bertz CT molecular complexity index is 744. The van der Waals surface area contributed by atoms with E-state index in [-0.39, 0.29) is 12.2 Å². The Morgan fingerprint density at radius 3 is 3.04 bits per heavy atom. The minimum absolute atomic E-state index is 0.207. The zero-order valence-corrected chi connectivity index (χ0v) is 15.4. The van der Waals surface area contributed by atoms with Crippen molar-refractivity contribution in [2.75, 3.05) is 19.7 Å². The van der Waals surface area contributed by atoms with Crippen molar-refractivity contribution in [3.05, 3.63) is 10.8 Å². The molecule has 9 nitrogen and oxygen atoms in total. The molecule has 0 aliphatic carbocycles. The third kappa shape index (κ3) is 3.99. The smallest absolute Gasteiger partial charge is 0.410 e. The highest BCUT2D eigenvalue weighted by Gasteiger charge is 2.29. The molecule has 1 amide bonds. The Morgan fingerprint density at radius 2 is 2.29 bits per heavy atom. The van der Waals surface area contributed by atoms with E-state index in [4.69, 9.17) is 9.47 Å². The summed E-state index contributed by atoms with van der Waals surface area (Å²) in [5.41, 5.74) is 0.524. The minimum Gasteiger partial charge on any atom is -0.444 e. The quantitative estimate of drug-likeness (QED) is 0.757. The molecule has 3 rings (SSSR count). The van der Waals surface area contributed by atoms with Gasteiger partial charge < -0.3 is 14.4 Å². The van der Waals surface area contributed by atoms with Crippen LogP contribution in [0.5, 0.6) is 0 Å². The topological polar surface area (TPSA) is 95.3 Å². The van der Waals surface area contributed by atoms with Crippen LogP contribution in [-0.4, -0.2) is 67.4 Å². The average Bonchev–Trinajstić information content (AvgIpc) is 2.88. The molecular weight excluding hydrogens is 380 g/mol. The van der Waals surface area contributed by atoms with Gasteiger partial charge in [0.2, 0.25) is 5.65 Å². The van der Waals surface area contributed by atoms with Gasteiger partial charge in [0.15, 0.2) is 5.65 Å². The number of nitrogens with zero attached hydrogens (tertiary/aromatic N) is 6. The molecule has 0 unspecified atom stereocenters. The Hall–Kier alpha value is -1.81. The van der Waals surface area contributed by atoms with E-state index in [2.05, 4.69) is 36.2 Å². The van der Waals surface area contributed by atoms with Crippen LogP contribution in [0.25, 0.3) is 11.3 Å². The Morgan fingerprint density at radius 1 is 1.50 bits per heavy atom. The van der Waals surface area contributed by atoms with Crippen molar-refractivity contribution in [1.29, 1.82) is 0 Å². The second-order valence-corrected chi connectivity index (χ2v) is 7.34.